The molecule has 0 unspecified atom stereocenters. The first-order valence-electron chi connectivity index (χ1n) is 5.85. The Labute approximate surface area is 119 Å². The first-order chi connectivity index (χ1) is 9.08. The van der Waals surface area contributed by atoms with E-state index < -0.39 is 0 Å². The summed E-state index contributed by atoms with van der Waals surface area (Å²) in [6, 6.07) is 11.8. The molecule has 0 saturated carbocycles. The third-order valence-corrected chi connectivity index (χ3v) is 3.71. The van der Waals surface area contributed by atoms with Crippen LogP contribution in [-0.4, -0.2) is 5.91 Å². The summed E-state index contributed by atoms with van der Waals surface area (Å²) in [5.41, 5.74) is 2.03. The van der Waals surface area contributed by atoms with Crippen molar-refractivity contribution in [3.63, 3.8) is 0 Å². The van der Waals surface area contributed by atoms with Gasteiger partial charge in [-0.25, -0.2) is 4.39 Å². The molecule has 0 spiro atoms. The number of carbonyl (C=O) groups is 1. The molecule has 0 saturated heterocycles. The zero-order valence-corrected chi connectivity index (χ0v) is 12.0. The molecule has 2 aromatic rings. The SMILES string of the molecule is Cc1cc(C(=O)NCc2ccccc2F)ccc1Br. The van der Waals surface area contributed by atoms with Crippen LogP contribution in [0.3, 0.4) is 0 Å². The average molecular weight is 322 g/mol. The highest BCUT2D eigenvalue weighted by Gasteiger charge is 2.08. The zero-order valence-electron chi connectivity index (χ0n) is 10.4. The fourth-order valence-corrected chi connectivity index (χ4v) is 1.95. The molecular weight excluding hydrogens is 309 g/mol. The van der Waals surface area contributed by atoms with Gasteiger partial charge in [0.2, 0.25) is 0 Å². The van der Waals surface area contributed by atoms with E-state index in [4.69, 9.17) is 0 Å². The normalized spacial score (nSPS) is 10.3. The molecule has 0 aliphatic carbocycles. The van der Waals surface area contributed by atoms with E-state index in [1.165, 1.54) is 6.07 Å². The van der Waals surface area contributed by atoms with Crippen molar-refractivity contribution in [2.24, 2.45) is 0 Å². The minimum absolute atomic E-state index is 0.181. The summed E-state index contributed by atoms with van der Waals surface area (Å²) in [4.78, 5) is 11.9. The van der Waals surface area contributed by atoms with E-state index in [2.05, 4.69) is 21.2 Å². The van der Waals surface area contributed by atoms with Crippen LogP contribution in [0.1, 0.15) is 21.5 Å². The third kappa shape index (κ3) is 3.41. The summed E-state index contributed by atoms with van der Waals surface area (Å²) in [5.74, 6) is -0.520. The number of amides is 1. The van der Waals surface area contributed by atoms with Gasteiger partial charge in [-0.05, 0) is 36.8 Å². The summed E-state index contributed by atoms with van der Waals surface area (Å²) < 4.78 is 14.4. The Morgan fingerprint density at radius 3 is 2.68 bits per heavy atom. The number of halogens is 2. The Morgan fingerprint density at radius 1 is 1.26 bits per heavy atom. The van der Waals surface area contributed by atoms with Gasteiger partial charge in [-0.1, -0.05) is 34.1 Å². The Morgan fingerprint density at radius 2 is 2.00 bits per heavy atom. The lowest BCUT2D eigenvalue weighted by Gasteiger charge is -2.07. The molecule has 98 valence electrons. The monoisotopic (exact) mass is 321 g/mol. The molecule has 0 atom stereocenters. The third-order valence-electron chi connectivity index (χ3n) is 2.82. The van der Waals surface area contributed by atoms with Crippen LogP contribution in [0.2, 0.25) is 0 Å². The lowest BCUT2D eigenvalue weighted by Crippen LogP contribution is -2.23. The van der Waals surface area contributed by atoms with Crippen LogP contribution >= 0.6 is 15.9 Å². The molecular formula is C15H13BrFNO. The van der Waals surface area contributed by atoms with Gasteiger partial charge in [-0.3, -0.25) is 4.79 Å². The van der Waals surface area contributed by atoms with E-state index in [1.807, 2.05) is 13.0 Å². The Kier molecular flexibility index (Phi) is 4.32. The van der Waals surface area contributed by atoms with Crippen molar-refractivity contribution >= 4 is 21.8 Å². The Balaban J connectivity index is 2.05. The minimum atomic E-state index is -0.310. The summed E-state index contributed by atoms with van der Waals surface area (Å²) in [7, 11) is 0. The molecule has 4 heteroatoms. The maximum absolute atomic E-state index is 13.4. The number of nitrogens with one attached hydrogen (secondary N) is 1. The van der Waals surface area contributed by atoms with E-state index in [9.17, 15) is 9.18 Å². The van der Waals surface area contributed by atoms with Gasteiger partial charge in [-0.2, -0.15) is 0 Å². The Hall–Kier alpha value is -1.68. The number of hydrogen-bond acceptors (Lipinski definition) is 1. The molecule has 1 N–H and O–H groups in total. The highest BCUT2D eigenvalue weighted by atomic mass is 79.9. The molecule has 0 fully saturated rings. The van der Waals surface area contributed by atoms with Crippen molar-refractivity contribution in [3.8, 4) is 0 Å². The molecule has 2 aromatic carbocycles. The second-order valence-corrected chi connectivity index (χ2v) is 5.09. The van der Waals surface area contributed by atoms with Crippen LogP contribution in [0.25, 0.3) is 0 Å². The number of aryl methyl sites for hydroxylation is 1. The molecule has 2 nitrogen and oxygen atoms in total. The predicted molar refractivity (Wildman–Crippen MR) is 76.4 cm³/mol. The number of hydrogen-bond donors (Lipinski definition) is 1. The van der Waals surface area contributed by atoms with Crippen LogP contribution in [0.4, 0.5) is 4.39 Å². The molecule has 0 aromatic heterocycles. The van der Waals surface area contributed by atoms with Gasteiger partial charge in [0.05, 0.1) is 0 Å². The summed E-state index contributed by atoms with van der Waals surface area (Å²) >= 11 is 3.38. The summed E-state index contributed by atoms with van der Waals surface area (Å²) in [6.45, 7) is 2.10. The Bertz CT molecular complexity index is 613. The largest absolute Gasteiger partial charge is 0.348 e. The van der Waals surface area contributed by atoms with Gasteiger partial charge >= 0.3 is 0 Å². The van der Waals surface area contributed by atoms with E-state index in [0.29, 0.717) is 11.1 Å². The lowest BCUT2D eigenvalue weighted by molar-refractivity contribution is 0.0950. The highest BCUT2D eigenvalue weighted by molar-refractivity contribution is 9.10. The van der Waals surface area contributed by atoms with Crippen molar-refractivity contribution in [3.05, 3.63) is 69.4 Å². The van der Waals surface area contributed by atoms with Gasteiger partial charge in [0.25, 0.3) is 5.91 Å². The van der Waals surface area contributed by atoms with Crippen molar-refractivity contribution in [1.29, 1.82) is 0 Å². The van der Waals surface area contributed by atoms with Gasteiger partial charge in [0.15, 0.2) is 0 Å². The molecule has 0 aliphatic heterocycles. The molecule has 0 bridgehead atoms. The van der Waals surface area contributed by atoms with Crippen molar-refractivity contribution < 1.29 is 9.18 Å². The lowest BCUT2D eigenvalue weighted by atomic mass is 10.1. The topological polar surface area (TPSA) is 29.1 Å². The zero-order chi connectivity index (χ0) is 13.8. The number of rotatable bonds is 3. The highest BCUT2D eigenvalue weighted by Crippen LogP contribution is 2.17. The maximum Gasteiger partial charge on any atom is 0.251 e. The average Bonchev–Trinajstić information content (AvgIpc) is 2.40. The molecule has 19 heavy (non-hydrogen) atoms. The van der Waals surface area contributed by atoms with Crippen LogP contribution in [0, 0.1) is 12.7 Å². The smallest absolute Gasteiger partial charge is 0.251 e. The van der Waals surface area contributed by atoms with Crippen molar-refractivity contribution in [1.82, 2.24) is 5.32 Å². The summed E-state index contributed by atoms with van der Waals surface area (Å²) in [6.07, 6.45) is 0. The van der Waals surface area contributed by atoms with Crippen LogP contribution in [0.15, 0.2) is 46.9 Å². The van der Waals surface area contributed by atoms with Crippen LogP contribution in [0.5, 0.6) is 0 Å². The minimum Gasteiger partial charge on any atom is -0.348 e. The van der Waals surface area contributed by atoms with Gasteiger partial charge in [0.1, 0.15) is 5.82 Å². The molecule has 1 amide bonds. The van der Waals surface area contributed by atoms with E-state index >= 15 is 0 Å². The summed E-state index contributed by atoms with van der Waals surface area (Å²) in [5, 5.41) is 2.71. The predicted octanol–water partition coefficient (Wildman–Crippen LogP) is 3.83. The second kappa shape index (κ2) is 5.97. The standard InChI is InChI=1S/C15H13BrFNO/c1-10-8-11(6-7-13(10)16)15(19)18-9-12-4-2-3-5-14(12)17/h2-8H,9H2,1H3,(H,18,19). The van der Waals surface area contributed by atoms with Crippen molar-refractivity contribution in [2.45, 2.75) is 13.5 Å². The first kappa shape index (κ1) is 13.7. The molecule has 0 heterocycles. The first-order valence-corrected chi connectivity index (χ1v) is 6.65. The number of benzene rings is 2. The van der Waals surface area contributed by atoms with Gasteiger partial charge in [-0.15, -0.1) is 0 Å². The van der Waals surface area contributed by atoms with E-state index in [1.54, 1.807) is 30.3 Å². The molecule has 0 aliphatic rings. The van der Waals surface area contributed by atoms with E-state index in [-0.39, 0.29) is 18.3 Å². The number of carbonyl (C=O) groups excluding carboxylic acids is 1. The molecule has 0 radical (unpaired) electrons. The van der Waals surface area contributed by atoms with Gasteiger partial charge < -0.3 is 5.32 Å². The second-order valence-electron chi connectivity index (χ2n) is 4.24. The fraction of sp³-hybridized carbons (Fsp3) is 0.133. The van der Waals surface area contributed by atoms with Gasteiger partial charge in [0, 0.05) is 22.1 Å². The molecule has 2 rings (SSSR count). The van der Waals surface area contributed by atoms with Crippen molar-refractivity contribution in [2.75, 3.05) is 0 Å². The van der Waals surface area contributed by atoms with Crippen LogP contribution < -0.4 is 5.32 Å². The van der Waals surface area contributed by atoms with E-state index in [0.717, 1.165) is 10.0 Å². The maximum atomic E-state index is 13.4. The fourth-order valence-electron chi connectivity index (χ4n) is 1.71. The quantitative estimate of drug-likeness (QED) is 0.914. The van der Waals surface area contributed by atoms with Crippen LogP contribution in [-0.2, 0) is 6.54 Å².